The highest BCUT2D eigenvalue weighted by Crippen LogP contribution is 2.21. The van der Waals surface area contributed by atoms with Gasteiger partial charge in [-0.05, 0) is 31.0 Å². The molecule has 20 heavy (non-hydrogen) atoms. The number of halogens is 3. The molecule has 1 N–H and O–H groups in total. The molecule has 4 nitrogen and oxygen atoms in total. The Hall–Kier alpha value is -2.05. The minimum Gasteiger partial charge on any atom is -0.360 e. The molecule has 0 aromatic carbocycles. The molecule has 0 aliphatic rings. The van der Waals surface area contributed by atoms with E-state index in [1.807, 2.05) is 19.9 Å². The largest absolute Gasteiger partial charge is 0.405 e. The van der Waals surface area contributed by atoms with Crippen LogP contribution in [0.1, 0.15) is 24.1 Å². The molecule has 0 amide bonds. The van der Waals surface area contributed by atoms with E-state index < -0.39 is 12.7 Å². The van der Waals surface area contributed by atoms with Gasteiger partial charge in [-0.15, -0.1) is 0 Å². The Morgan fingerprint density at radius 2 is 2.10 bits per heavy atom. The first-order valence-electron chi connectivity index (χ1n) is 6.13. The van der Waals surface area contributed by atoms with Gasteiger partial charge in [-0.2, -0.15) is 18.3 Å². The molecule has 0 fully saturated rings. The highest BCUT2D eigenvalue weighted by atomic mass is 19.4. The first-order chi connectivity index (χ1) is 9.37. The highest BCUT2D eigenvalue weighted by Gasteiger charge is 2.27. The van der Waals surface area contributed by atoms with Gasteiger partial charge in [-0.25, -0.2) is 0 Å². The van der Waals surface area contributed by atoms with Crippen LogP contribution in [0.2, 0.25) is 0 Å². The van der Waals surface area contributed by atoms with Crippen LogP contribution in [0.4, 0.5) is 19.0 Å². The van der Waals surface area contributed by atoms with E-state index in [0.717, 1.165) is 11.1 Å². The summed E-state index contributed by atoms with van der Waals surface area (Å²) < 4.78 is 38.0. The minimum atomic E-state index is -4.25. The average Bonchev–Trinajstić information content (AvgIpc) is 2.84. The summed E-state index contributed by atoms with van der Waals surface area (Å²) in [6, 6.07) is 3.34. The number of nitrogens with zero attached hydrogens (tertiary/aromatic N) is 3. The number of pyridine rings is 1. The van der Waals surface area contributed by atoms with Crippen LogP contribution in [0.25, 0.3) is 0 Å². The van der Waals surface area contributed by atoms with Gasteiger partial charge in [-0.1, -0.05) is 0 Å². The average molecular weight is 284 g/mol. The van der Waals surface area contributed by atoms with Crippen molar-refractivity contribution in [1.82, 2.24) is 14.8 Å². The van der Waals surface area contributed by atoms with Crippen LogP contribution in [0, 0.1) is 6.92 Å². The standard InChI is InChI=1S/C13H15F3N4/c1-9-7-17-5-3-11(9)10(2)20-6-4-12(19-20)18-8-13(14,15)16/h3-7,10H,8H2,1-2H3,(H,18,19). The number of rotatable bonds is 4. The fraction of sp³-hybridized carbons (Fsp3) is 0.385. The van der Waals surface area contributed by atoms with Crippen LogP contribution >= 0.6 is 0 Å². The Labute approximate surface area is 114 Å². The predicted molar refractivity (Wildman–Crippen MR) is 69.6 cm³/mol. The van der Waals surface area contributed by atoms with E-state index in [1.54, 1.807) is 23.3 Å². The lowest BCUT2D eigenvalue weighted by Crippen LogP contribution is -2.21. The second-order valence-corrected chi connectivity index (χ2v) is 4.56. The van der Waals surface area contributed by atoms with Gasteiger partial charge < -0.3 is 5.32 Å². The fourth-order valence-electron chi connectivity index (χ4n) is 1.93. The summed E-state index contributed by atoms with van der Waals surface area (Å²) in [4.78, 5) is 4.02. The molecule has 0 spiro atoms. The number of alkyl halides is 3. The summed E-state index contributed by atoms with van der Waals surface area (Å²) in [6.07, 6.45) is 0.837. The van der Waals surface area contributed by atoms with Gasteiger partial charge >= 0.3 is 6.18 Å². The van der Waals surface area contributed by atoms with Gasteiger partial charge in [0.15, 0.2) is 0 Å². The third kappa shape index (κ3) is 3.49. The maximum absolute atomic E-state index is 12.1. The molecule has 108 valence electrons. The predicted octanol–water partition coefficient (Wildman–Crippen LogP) is 3.17. The van der Waals surface area contributed by atoms with Gasteiger partial charge in [-0.3, -0.25) is 9.67 Å². The van der Waals surface area contributed by atoms with E-state index in [9.17, 15) is 13.2 Å². The van der Waals surface area contributed by atoms with E-state index in [2.05, 4.69) is 15.4 Å². The van der Waals surface area contributed by atoms with Crippen molar-refractivity contribution in [3.63, 3.8) is 0 Å². The summed E-state index contributed by atoms with van der Waals surface area (Å²) in [5.74, 6) is 0.209. The Bertz CT molecular complexity index is 577. The van der Waals surface area contributed by atoms with Crippen LogP contribution in [0.3, 0.4) is 0 Å². The summed E-state index contributed by atoms with van der Waals surface area (Å²) in [5, 5.41) is 6.37. The zero-order chi connectivity index (χ0) is 14.8. The quantitative estimate of drug-likeness (QED) is 0.937. The molecule has 2 aromatic rings. The molecule has 1 unspecified atom stereocenters. The Balaban J connectivity index is 2.11. The van der Waals surface area contributed by atoms with Crippen LogP contribution < -0.4 is 5.32 Å². The van der Waals surface area contributed by atoms with Crippen LogP contribution in [-0.4, -0.2) is 27.5 Å². The third-order valence-corrected chi connectivity index (χ3v) is 2.99. The van der Waals surface area contributed by atoms with E-state index in [1.165, 1.54) is 6.07 Å². The van der Waals surface area contributed by atoms with Crippen molar-refractivity contribution in [1.29, 1.82) is 0 Å². The van der Waals surface area contributed by atoms with E-state index in [-0.39, 0.29) is 11.9 Å². The Morgan fingerprint density at radius 1 is 1.35 bits per heavy atom. The maximum atomic E-state index is 12.1. The molecule has 2 aromatic heterocycles. The summed E-state index contributed by atoms with van der Waals surface area (Å²) >= 11 is 0. The Kier molecular flexibility index (Phi) is 3.96. The number of aryl methyl sites for hydroxylation is 1. The molecule has 2 heterocycles. The number of aromatic nitrogens is 3. The zero-order valence-corrected chi connectivity index (χ0v) is 11.1. The molecule has 0 aliphatic heterocycles. The van der Waals surface area contributed by atoms with Gasteiger partial charge in [0.05, 0.1) is 6.04 Å². The van der Waals surface area contributed by atoms with Crippen LogP contribution in [0.5, 0.6) is 0 Å². The molecule has 0 bridgehead atoms. The highest BCUT2D eigenvalue weighted by molar-refractivity contribution is 5.33. The molecule has 0 saturated heterocycles. The molecule has 1 atom stereocenters. The minimum absolute atomic E-state index is 0.0700. The summed E-state index contributed by atoms with van der Waals surface area (Å²) in [6.45, 7) is 2.78. The first kappa shape index (κ1) is 14.4. The lowest BCUT2D eigenvalue weighted by atomic mass is 10.1. The lowest BCUT2D eigenvalue weighted by molar-refractivity contribution is -0.115. The van der Waals surface area contributed by atoms with E-state index in [0.29, 0.717) is 0 Å². The topological polar surface area (TPSA) is 42.7 Å². The third-order valence-electron chi connectivity index (χ3n) is 2.99. The van der Waals surface area contributed by atoms with E-state index >= 15 is 0 Å². The van der Waals surface area contributed by atoms with Crippen LogP contribution in [0.15, 0.2) is 30.7 Å². The molecule has 0 aliphatic carbocycles. The molecular formula is C13H15F3N4. The Morgan fingerprint density at radius 3 is 2.75 bits per heavy atom. The molecular weight excluding hydrogens is 269 g/mol. The lowest BCUT2D eigenvalue weighted by Gasteiger charge is -2.14. The number of nitrogens with one attached hydrogen (secondary N) is 1. The molecule has 2 rings (SSSR count). The maximum Gasteiger partial charge on any atom is 0.405 e. The normalized spacial score (nSPS) is 13.2. The van der Waals surface area contributed by atoms with Gasteiger partial charge in [0.25, 0.3) is 0 Å². The van der Waals surface area contributed by atoms with E-state index in [4.69, 9.17) is 0 Å². The monoisotopic (exact) mass is 284 g/mol. The van der Waals surface area contributed by atoms with Crippen molar-refractivity contribution in [2.24, 2.45) is 0 Å². The van der Waals surface area contributed by atoms with Crippen molar-refractivity contribution in [2.45, 2.75) is 26.1 Å². The second kappa shape index (κ2) is 5.52. The SMILES string of the molecule is Cc1cnccc1C(C)n1ccc(NCC(F)(F)F)n1. The molecule has 7 heteroatoms. The van der Waals surface area contributed by atoms with Gasteiger partial charge in [0, 0.05) is 24.7 Å². The van der Waals surface area contributed by atoms with Crippen molar-refractivity contribution >= 4 is 5.82 Å². The summed E-state index contributed by atoms with van der Waals surface area (Å²) in [5.41, 5.74) is 2.05. The van der Waals surface area contributed by atoms with Crippen LogP contribution in [-0.2, 0) is 0 Å². The van der Waals surface area contributed by atoms with Crippen molar-refractivity contribution in [2.75, 3.05) is 11.9 Å². The summed E-state index contributed by atoms with van der Waals surface area (Å²) in [7, 11) is 0. The molecule has 0 saturated carbocycles. The van der Waals surface area contributed by atoms with Crippen molar-refractivity contribution in [3.8, 4) is 0 Å². The first-order valence-corrected chi connectivity index (χ1v) is 6.13. The number of hydrogen-bond acceptors (Lipinski definition) is 3. The molecule has 0 radical (unpaired) electrons. The smallest absolute Gasteiger partial charge is 0.360 e. The fourth-order valence-corrected chi connectivity index (χ4v) is 1.93. The van der Waals surface area contributed by atoms with Crippen molar-refractivity contribution in [3.05, 3.63) is 41.9 Å². The van der Waals surface area contributed by atoms with Gasteiger partial charge in [0.2, 0.25) is 0 Å². The van der Waals surface area contributed by atoms with Gasteiger partial charge in [0.1, 0.15) is 12.4 Å². The second-order valence-electron chi connectivity index (χ2n) is 4.56. The zero-order valence-electron chi connectivity index (χ0n) is 11.1. The number of hydrogen-bond donors (Lipinski definition) is 1. The number of anilines is 1. The van der Waals surface area contributed by atoms with Crippen molar-refractivity contribution < 1.29 is 13.2 Å².